The molecule has 0 aromatic rings. The van der Waals surface area contributed by atoms with Crippen LogP contribution < -0.4 is 0 Å². The van der Waals surface area contributed by atoms with E-state index in [9.17, 15) is 0 Å². The minimum Gasteiger partial charge on any atom is -0.225 e. The second-order valence-corrected chi connectivity index (χ2v) is 4.25. The van der Waals surface area contributed by atoms with Crippen LogP contribution in [-0.2, 0) is 9.68 Å². The van der Waals surface area contributed by atoms with Gasteiger partial charge in [-0.3, -0.25) is 0 Å². The largest absolute Gasteiger partial charge is 0.307 e. The predicted molar refractivity (Wildman–Crippen MR) is 64.6 cm³/mol. The molecule has 4 nitrogen and oxygen atoms in total. The lowest BCUT2D eigenvalue weighted by Gasteiger charge is -2.11. The first-order chi connectivity index (χ1) is 7.40. The van der Waals surface area contributed by atoms with Crippen LogP contribution in [0.3, 0.4) is 0 Å². The van der Waals surface area contributed by atoms with Gasteiger partial charge >= 0.3 is 6.17 Å². The lowest BCUT2D eigenvalue weighted by Crippen LogP contribution is -2.28. The summed E-state index contributed by atoms with van der Waals surface area (Å²) in [5.41, 5.74) is 2.87. The molecule has 2 unspecified atom stereocenters. The minimum absolute atomic E-state index is 0.0161. The van der Waals surface area contributed by atoms with Crippen molar-refractivity contribution in [3.05, 3.63) is 24.3 Å². The number of quaternary nitrogens is 1. The zero-order valence-electron chi connectivity index (χ0n) is 10.8. The van der Waals surface area contributed by atoms with Crippen LogP contribution in [-0.4, -0.2) is 36.9 Å². The Kier molecular flexibility index (Phi) is 3.68. The van der Waals surface area contributed by atoms with Crippen LogP contribution in [0.25, 0.3) is 0 Å². The fourth-order valence-electron chi connectivity index (χ4n) is 1.87. The quantitative estimate of drug-likeness (QED) is 0.311. The van der Waals surface area contributed by atoms with Crippen LogP contribution in [0, 0.1) is 0 Å². The average molecular weight is 225 g/mol. The summed E-state index contributed by atoms with van der Waals surface area (Å²) in [6.45, 7) is 13.8. The first-order valence-corrected chi connectivity index (χ1v) is 5.26. The van der Waals surface area contributed by atoms with Crippen molar-refractivity contribution in [1.82, 2.24) is 0 Å². The molecule has 0 N–H and O–H groups in total. The zero-order chi connectivity index (χ0) is 12.5. The molecule has 2 atom stereocenters. The highest BCUT2D eigenvalue weighted by atomic mass is 17.0. The number of hydrogen-bond acceptors (Lipinski definition) is 3. The molecule has 4 heteroatoms. The first-order valence-electron chi connectivity index (χ1n) is 5.26. The molecule has 16 heavy (non-hydrogen) atoms. The fraction of sp³-hybridized carbons (Fsp3) is 0.583. The van der Waals surface area contributed by atoms with E-state index in [-0.39, 0.29) is 17.0 Å². The van der Waals surface area contributed by atoms with Crippen molar-refractivity contribution in [2.75, 3.05) is 14.2 Å². The van der Waals surface area contributed by atoms with Crippen LogP contribution in [0.4, 0.5) is 0 Å². The van der Waals surface area contributed by atoms with Gasteiger partial charge in [-0.25, -0.2) is 4.99 Å². The maximum absolute atomic E-state index is 5.40. The SMILES string of the molecule is C=C(C)C(=C)C1C(N=C(C)C)[N+]1(OC)OC. The Hall–Kier alpha value is -0.970. The van der Waals surface area contributed by atoms with E-state index in [1.165, 1.54) is 0 Å². The Morgan fingerprint density at radius 3 is 1.94 bits per heavy atom. The molecule has 0 aliphatic carbocycles. The Bertz CT molecular complexity index is 339. The molecule has 0 saturated carbocycles. The van der Waals surface area contributed by atoms with Gasteiger partial charge in [0.25, 0.3) is 6.04 Å². The van der Waals surface area contributed by atoms with Gasteiger partial charge in [-0.1, -0.05) is 13.2 Å². The standard InChI is InChI=1S/C12H21N2O2/c1-8(2)10(5)11-12(13-9(3)4)14(11,15-6)16-7/h11-12H,1,5H2,2-4,6-7H3/q+1. The molecular weight excluding hydrogens is 204 g/mol. The summed E-state index contributed by atoms with van der Waals surface area (Å²) < 4.78 is 0. The summed E-state index contributed by atoms with van der Waals surface area (Å²) >= 11 is 0. The molecule has 1 aliphatic rings. The second kappa shape index (κ2) is 4.49. The smallest absolute Gasteiger partial charge is 0.225 e. The van der Waals surface area contributed by atoms with Crippen LogP contribution in [0.1, 0.15) is 20.8 Å². The minimum atomic E-state index is -0.0656. The third-order valence-corrected chi connectivity index (χ3v) is 2.82. The van der Waals surface area contributed by atoms with E-state index in [1.54, 1.807) is 14.2 Å². The van der Waals surface area contributed by atoms with Crippen molar-refractivity contribution in [3.8, 4) is 0 Å². The van der Waals surface area contributed by atoms with E-state index in [0.29, 0.717) is 0 Å². The topological polar surface area (TPSA) is 30.8 Å². The number of nitrogens with zero attached hydrogens (tertiary/aromatic N) is 2. The van der Waals surface area contributed by atoms with Gasteiger partial charge in [0, 0.05) is 16.1 Å². The van der Waals surface area contributed by atoms with Crippen LogP contribution in [0.15, 0.2) is 29.3 Å². The number of rotatable bonds is 5. The summed E-state index contributed by atoms with van der Waals surface area (Å²) in [4.78, 5) is 15.4. The predicted octanol–water partition coefficient (Wildman–Crippen LogP) is 2.25. The van der Waals surface area contributed by atoms with Gasteiger partial charge in [0.05, 0.1) is 14.2 Å². The van der Waals surface area contributed by atoms with E-state index in [0.717, 1.165) is 16.9 Å². The highest BCUT2D eigenvalue weighted by molar-refractivity contribution is 5.79. The Balaban J connectivity index is 2.97. The maximum atomic E-state index is 5.40. The average Bonchev–Trinajstić information content (AvgIpc) is 2.84. The van der Waals surface area contributed by atoms with Crippen molar-refractivity contribution in [1.29, 1.82) is 0 Å². The Labute approximate surface area is 97.4 Å². The van der Waals surface area contributed by atoms with Gasteiger partial charge in [0.15, 0.2) is 0 Å². The van der Waals surface area contributed by atoms with E-state index < -0.39 is 0 Å². The molecule has 0 radical (unpaired) electrons. The van der Waals surface area contributed by atoms with Gasteiger partial charge in [-0.05, 0) is 26.3 Å². The van der Waals surface area contributed by atoms with Crippen LogP contribution in [0.5, 0.6) is 0 Å². The number of aliphatic imine (C=N–C) groups is 1. The zero-order valence-corrected chi connectivity index (χ0v) is 10.8. The maximum Gasteiger partial charge on any atom is 0.307 e. The molecule has 0 aromatic carbocycles. The molecule has 0 amide bonds. The molecule has 1 heterocycles. The molecule has 0 bridgehead atoms. The van der Waals surface area contributed by atoms with E-state index >= 15 is 0 Å². The van der Waals surface area contributed by atoms with Crippen molar-refractivity contribution in [2.45, 2.75) is 33.0 Å². The normalized spacial score (nSPS) is 26.1. The summed E-state index contributed by atoms with van der Waals surface area (Å²) in [5.74, 6) is 0. The van der Waals surface area contributed by atoms with Crippen molar-refractivity contribution in [2.24, 2.45) is 4.99 Å². The molecule has 1 rings (SSSR count). The number of hydrogen-bond donors (Lipinski definition) is 0. The van der Waals surface area contributed by atoms with Crippen molar-refractivity contribution >= 4 is 5.71 Å². The van der Waals surface area contributed by atoms with Gasteiger partial charge in [-0.15, -0.1) is 0 Å². The Morgan fingerprint density at radius 2 is 1.62 bits per heavy atom. The molecule has 90 valence electrons. The highest BCUT2D eigenvalue weighted by Crippen LogP contribution is 2.46. The monoisotopic (exact) mass is 225 g/mol. The van der Waals surface area contributed by atoms with Crippen molar-refractivity contribution in [3.63, 3.8) is 0 Å². The lowest BCUT2D eigenvalue weighted by molar-refractivity contribution is -1.17. The van der Waals surface area contributed by atoms with Gasteiger partial charge in [0.1, 0.15) is 0 Å². The van der Waals surface area contributed by atoms with Gasteiger partial charge < -0.3 is 0 Å². The summed E-state index contributed by atoms with van der Waals surface area (Å²) in [6, 6.07) is 0.0161. The van der Waals surface area contributed by atoms with E-state index in [4.69, 9.17) is 9.68 Å². The highest BCUT2D eigenvalue weighted by Gasteiger charge is 2.74. The van der Waals surface area contributed by atoms with E-state index in [1.807, 2.05) is 20.8 Å². The summed E-state index contributed by atoms with van der Waals surface area (Å²) in [6.07, 6.45) is -0.0656. The van der Waals surface area contributed by atoms with Crippen LogP contribution in [0.2, 0.25) is 0 Å². The molecule has 1 aliphatic heterocycles. The molecular formula is C12H21N2O2+. The van der Waals surface area contributed by atoms with Crippen LogP contribution >= 0.6 is 0 Å². The third kappa shape index (κ3) is 1.96. The van der Waals surface area contributed by atoms with E-state index in [2.05, 4.69) is 18.2 Å². The van der Waals surface area contributed by atoms with Crippen molar-refractivity contribution < 1.29 is 14.5 Å². The molecule has 0 spiro atoms. The fourth-order valence-corrected chi connectivity index (χ4v) is 1.87. The molecule has 1 fully saturated rings. The third-order valence-electron chi connectivity index (χ3n) is 2.82. The molecule has 1 saturated heterocycles. The van der Waals surface area contributed by atoms with Gasteiger partial charge in [0.2, 0.25) is 0 Å². The molecule has 0 aromatic heterocycles. The second-order valence-electron chi connectivity index (χ2n) is 4.25. The Morgan fingerprint density at radius 1 is 1.12 bits per heavy atom. The lowest BCUT2D eigenvalue weighted by atomic mass is 10.1. The van der Waals surface area contributed by atoms with Gasteiger partial charge in [-0.2, -0.15) is 9.68 Å². The first kappa shape index (κ1) is 13.1. The summed E-state index contributed by atoms with van der Waals surface area (Å²) in [7, 11) is 3.23. The summed E-state index contributed by atoms with van der Waals surface area (Å²) in [5, 5.41) is 0. The number of hydroxylamine groups is 4.